The van der Waals surface area contributed by atoms with Crippen molar-refractivity contribution in [1.29, 1.82) is 0 Å². The number of hydrogen-bond acceptors (Lipinski definition) is 3. The Morgan fingerprint density at radius 1 is 1.58 bits per heavy atom. The Morgan fingerprint density at radius 2 is 2.08 bits per heavy atom. The van der Waals surface area contributed by atoms with Crippen LogP contribution in [0.5, 0.6) is 0 Å². The molecule has 0 fully saturated rings. The molecule has 12 heavy (non-hydrogen) atoms. The maximum absolute atomic E-state index is 11.9. The molecule has 0 saturated carbocycles. The number of allylic oxidation sites excluding steroid dienone is 1. The molecule has 0 amide bonds. The van der Waals surface area contributed by atoms with Gasteiger partial charge in [0.2, 0.25) is 0 Å². The summed E-state index contributed by atoms with van der Waals surface area (Å²) in [6, 6.07) is 0. The molecular weight excluding hydrogens is 173 g/mol. The van der Waals surface area contributed by atoms with E-state index in [4.69, 9.17) is 10.8 Å². The summed E-state index contributed by atoms with van der Waals surface area (Å²) in [4.78, 5) is 3.32. The Bertz CT molecular complexity index is 207. The average Bonchev–Trinajstić information content (AvgIpc) is 1.97. The smallest absolute Gasteiger partial charge is 0.394 e. The highest BCUT2D eigenvalue weighted by Gasteiger charge is 2.33. The van der Waals surface area contributed by atoms with Crippen LogP contribution in [-0.4, -0.2) is 31.2 Å². The molecule has 0 aromatic rings. The van der Waals surface area contributed by atoms with Gasteiger partial charge in [-0.05, 0) is 0 Å². The van der Waals surface area contributed by atoms with Gasteiger partial charge in [-0.25, -0.2) is 0 Å². The molecule has 0 bridgehead atoms. The molecule has 3 N–H and O–H groups in total. The minimum absolute atomic E-state index is 0.426. The van der Waals surface area contributed by atoms with E-state index in [1.54, 1.807) is 0 Å². The van der Waals surface area contributed by atoms with Gasteiger partial charge in [0.25, 0.3) is 0 Å². The van der Waals surface area contributed by atoms with Crippen LogP contribution in [-0.2, 0) is 0 Å². The van der Waals surface area contributed by atoms with Crippen LogP contribution in [0.1, 0.15) is 0 Å². The second kappa shape index (κ2) is 4.10. The number of aliphatic imine (C=N–C) groups is 1. The molecular formula is C6H9F3N2O. The second-order valence-corrected chi connectivity index (χ2v) is 1.98. The van der Waals surface area contributed by atoms with E-state index < -0.39 is 24.1 Å². The van der Waals surface area contributed by atoms with Crippen LogP contribution in [0.15, 0.2) is 16.3 Å². The zero-order valence-corrected chi connectivity index (χ0v) is 6.39. The summed E-state index contributed by atoms with van der Waals surface area (Å²) in [7, 11) is 1.29. The first-order valence-corrected chi connectivity index (χ1v) is 3.02. The molecule has 70 valence electrons. The zero-order valence-electron chi connectivity index (χ0n) is 6.39. The number of aliphatic hydroxyl groups excluding tert-OH is 1. The quantitative estimate of drug-likeness (QED) is 0.609. The summed E-state index contributed by atoms with van der Waals surface area (Å²) in [5.74, 6) is 0. The molecule has 0 heterocycles. The van der Waals surface area contributed by atoms with Crippen molar-refractivity contribution in [2.24, 2.45) is 10.7 Å². The molecule has 0 saturated heterocycles. The number of halogens is 3. The fraction of sp³-hybridized carbons (Fsp3) is 0.500. The molecule has 0 rings (SSSR count). The first kappa shape index (κ1) is 11.0. The van der Waals surface area contributed by atoms with Crippen molar-refractivity contribution < 1.29 is 18.3 Å². The van der Waals surface area contributed by atoms with Gasteiger partial charge >= 0.3 is 6.18 Å². The fourth-order valence-electron chi connectivity index (χ4n) is 0.533. The van der Waals surface area contributed by atoms with Crippen LogP contribution in [0, 0.1) is 0 Å². The minimum atomic E-state index is -4.61. The van der Waals surface area contributed by atoms with Crippen molar-refractivity contribution in [3.8, 4) is 0 Å². The van der Waals surface area contributed by atoms with E-state index in [0.717, 1.165) is 6.21 Å². The van der Waals surface area contributed by atoms with Crippen LogP contribution in [0.25, 0.3) is 0 Å². The first-order valence-electron chi connectivity index (χ1n) is 3.02. The molecule has 0 unspecified atom stereocenters. The summed E-state index contributed by atoms with van der Waals surface area (Å²) in [6.45, 7) is -0.775. The Kier molecular flexibility index (Phi) is 3.75. The minimum Gasteiger partial charge on any atom is -0.394 e. The third-order valence-electron chi connectivity index (χ3n) is 1.11. The lowest BCUT2D eigenvalue weighted by Crippen LogP contribution is -2.23. The number of rotatable bonds is 2. The Labute approximate surface area is 67.4 Å². The topological polar surface area (TPSA) is 58.6 Å². The normalized spacial score (nSPS) is 15.1. The molecule has 0 aromatic heterocycles. The lowest BCUT2D eigenvalue weighted by atomic mass is 10.2. The van der Waals surface area contributed by atoms with Crippen LogP contribution >= 0.6 is 0 Å². The standard InChI is InChI=1S/C6H9F3N2O/c1-11-2-4(3-12)5(10)6(7,8)9/h2,12H,3,10H2,1H3/b5-4+,11-2?. The summed E-state index contributed by atoms with van der Waals surface area (Å²) >= 11 is 0. The Hall–Kier alpha value is -1.04. The van der Waals surface area contributed by atoms with Crippen LogP contribution in [0.3, 0.4) is 0 Å². The van der Waals surface area contributed by atoms with Crippen molar-refractivity contribution in [1.82, 2.24) is 0 Å². The van der Waals surface area contributed by atoms with Gasteiger partial charge in [0, 0.05) is 18.8 Å². The van der Waals surface area contributed by atoms with Gasteiger partial charge < -0.3 is 10.8 Å². The highest BCUT2D eigenvalue weighted by molar-refractivity contribution is 5.79. The molecule has 0 radical (unpaired) electrons. The van der Waals surface area contributed by atoms with Crippen molar-refractivity contribution >= 4 is 6.21 Å². The van der Waals surface area contributed by atoms with E-state index in [2.05, 4.69) is 4.99 Å². The van der Waals surface area contributed by atoms with Gasteiger partial charge in [-0.2, -0.15) is 13.2 Å². The molecule has 6 heteroatoms. The van der Waals surface area contributed by atoms with Gasteiger partial charge in [-0.3, -0.25) is 4.99 Å². The predicted octanol–water partition coefficient (Wildman–Crippen LogP) is 0.454. The number of alkyl halides is 3. The largest absolute Gasteiger partial charge is 0.431 e. The highest BCUT2D eigenvalue weighted by atomic mass is 19.4. The third-order valence-corrected chi connectivity index (χ3v) is 1.11. The van der Waals surface area contributed by atoms with Crippen molar-refractivity contribution in [2.75, 3.05) is 13.7 Å². The number of nitrogens with zero attached hydrogens (tertiary/aromatic N) is 1. The number of hydrogen-bond donors (Lipinski definition) is 2. The summed E-state index contributed by atoms with van der Waals surface area (Å²) in [5, 5.41) is 8.46. The average molecular weight is 182 g/mol. The fourth-order valence-corrected chi connectivity index (χ4v) is 0.533. The molecule has 0 aliphatic rings. The van der Waals surface area contributed by atoms with Gasteiger partial charge in [-0.1, -0.05) is 0 Å². The van der Waals surface area contributed by atoms with Gasteiger partial charge in [0.15, 0.2) is 0 Å². The molecule has 0 aliphatic carbocycles. The predicted molar refractivity (Wildman–Crippen MR) is 38.8 cm³/mol. The molecule has 0 atom stereocenters. The van der Waals surface area contributed by atoms with E-state index >= 15 is 0 Å². The van der Waals surface area contributed by atoms with Crippen LogP contribution in [0.2, 0.25) is 0 Å². The molecule has 0 spiro atoms. The number of nitrogens with two attached hydrogens (primary N) is 1. The van der Waals surface area contributed by atoms with Crippen LogP contribution < -0.4 is 5.73 Å². The lowest BCUT2D eigenvalue weighted by molar-refractivity contribution is -0.0935. The molecule has 0 aromatic carbocycles. The lowest BCUT2D eigenvalue weighted by Gasteiger charge is -2.08. The summed E-state index contributed by atoms with van der Waals surface area (Å²) < 4.78 is 35.6. The Balaban J connectivity index is 4.85. The van der Waals surface area contributed by atoms with Crippen molar-refractivity contribution in [3.63, 3.8) is 0 Å². The van der Waals surface area contributed by atoms with Crippen LogP contribution in [0.4, 0.5) is 13.2 Å². The third kappa shape index (κ3) is 2.91. The monoisotopic (exact) mass is 182 g/mol. The second-order valence-electron chi connectivity index (χ2n) is 1.98. The maximum atomic E-state index is 11.9. The SMILES string of the molecule is CN=C/C(CO)=C(\N)C(F)(F)F. The van der Waals surface area contributed by atoms with E-state index in [9.17, 15) is 13.2 Å². The molecule has 3 nitrogen and oxygen atoms in total. The first-order chi connectivity index (χ1) is 5.43. The maximum Gasteiger partial charge on any atom is 0.431 e. The van der Waals surface area contributed by atoms with Gasteiger partial charge in [-0.15, -0.1) is 0 Å². The van der Waals surface area contributed by atoms with E-state index in [0.29, 0.717) is 0 Å². The van der Waals surface area contributed by atoms with E-state index in [1.807, 2.05) is 0 Å². The van der Waals surface area contributed by atoms with E-state index in [-0.39, 0.29) is 0 Å². The summed E-state index contributed by atoms with van der Waals surface area (Å²) in [5.41, 5.74) is 2.96. The van der Waals surface area contributed by atoms with Crippen molar-refractivity contribution in [3.05, 3.63) is 11.3 Å². The zero-order chi connectivity index (χ0) is 9.78. The highest BCUT2D eigenvalue weighted by Crippen LogP contribution is 2.23. The van der Waals surface area contributed by atoms with Gasteiger partial charge in [0.05, 0.1) is 6.61 Å². The van der Waals surface area contributed by atoms with Crippen molar-refractivity contribution in [2.45, 2.75) is 6.18 Å². The van der Waals surface area contributed by atoms with E-state index in [1.165, 1.54) is 7.05 Å². The Morgan fingerprint density at radius 3 is 2.33 bits per heavy atom. The van der Waals surface area contributed by atoms with Gasteiger partial charge in [0.1, 0.15) is 5.70 Å². The molecule has 0 aliphatic heterocycles. The number of aliphatic hydroxyl groups is 1. The summed E-state index contributed by atoms with van der Waals surface area (Å²) in [6.07, 6.45) is -3.73.